The van der Waals surface area contributed by atoms with E-state index in [1.165, 1.54) is 16.8 Å². The fraction of sp³-hybridized carbons (Fsp3) is 0.208. The van der Waals surface area contributed by atoms with Gasteiger partial charge in [-0.25, -0.2) is 0 Å². The first-order valence-corrected chi connectivity index (χ1v) is 9.81. The van der Waals surface area contributed by atoms with Crippen molar-refractivity contribution in [2.24, 2.45) is 5.10 Å². The molecular weight excluding hydrogens is 346 g/mol. The summed E-state index contributed by atoms with van der Waals surface area (Å²) in [6.07, 6.45) is 0. The summed E-state index contributed by atoms with van der Waals surface area (Å²) < 4.78 is 5.50. The molecule has 0 bridgehead atoms. The summed E-state index contributed by atoms with van der Waals surface area (Å²) in [7, 11) is 0. The summed E-state index contributed by atoms with van der Waals surface area (Å²) in [6, 6.07) is 27.7. The van der Waals surface area contributed by atoms with Crippen molar-refractivity contribution in [3.63, 3.8) is 0 Å². The molecule has 0 saturated carbocycles. The molecule has 0 spiro atoms. The molecule has 2 aliphatic heterocycles. The number of hydrazone groups is 1. The van der Waals surface area contributed by atoms with Gasteiger partial charge in [-0.1, -0.05) is 60.7 Å². The van der Waals surface area contributed by atoms with Gasteiger partial charge in [0.15, 0.2) is 0 Å². The van der Waals surface area contributed by atoms with Crippen LogP contribution in [0.25, 0.3) is 0 Å². The van der Waals surface area contributed by atoms with Gasteiger partial charge in [0.25, 0.3) is 0 Å². The number of anilines is 2. The molecule has 1 saturated heterocycles. The lowest BCUT2D eigenvalue weighted by molar-refractivity contribution is 0.122. The third-order valence-electron chi connectivity index (χ3n) is 5.36. The van der Waals surface area contributed by atoms with Gasteiger partial charge < -0.3 is 9.64 Å². The number of rotatable bonds is 3. The van der Waals surface area contributed by atoms with Crippen molar-refractivity contribution in [2.75, 3.05) is 36.2 Å². The van der Waals surface area contributed by atoms with E-state index in [4.69, 9.17) is 9.84 Å². The van der Waals surface area contributed by atoms with E-state index >= 15 is 0 Å². The van der Waals surface area contributed by atoms with E-state index in [9.17, 15) is 0 Å². The van der Waals surface area contributed by atoms with Crippen LogP contribution in [0.1, 0.15) is 16.7 Å². The Labute approximate surface area is 165 Å². The second kappa shape index (κ2) is 7.49. The Morgan fingerprint density at radius 3 is 2.36 bits per heavy atom. The van der Waals surface area contributed by atoms with Crippen molar-refractivity contribution in [3.05, 3.63) is 95.6 Å². The smallest absolute Gasteiger partial charge is 0.0984 e. The van der Waals surface area contributed by atoms with Gasteiger partial charge in [-0.15, -0.1) is 0 Å². The molecule has 0 atom stereocenters. The SMILES string of the molecule is c1ccc(C2=NN(c3cccc(N4CCOCC4)c3)Cc3ccccc32)cc1. The highest BCUT2D eigenvalue weighted by molar-refractivity contribution is 6.14. The number of nitrogens with zero attached hydrogens (tertiary/aromatic N) is 3. The van der Waals surface area contributed by atoms with E-state index in [1.807, 2.05) is 6.07 Å². The maximum atomic E-state index is 5.50. The number of fused-ring (bicyclic) bond motifs is 1. The van der Waals surface area contributed by atoms with Gasteiger partial charge in [0.05, 0.1) is 31.2 Å². The van der Waals surface area contributed by atoms with Gasteiger partial charge >= 0.3 is 0 Å². The molecule has 0 unspecified atom stereocenters. The van der Waals surface area contributed by atoms with Crippen molar-refractivity contribution < 1.29 is 4.74 Å². The van der Waals surface area contributed by atoms with E-state index in [-0.39, 0.29) is 0 Å². The van der Waals surface area contributed by atoms with Crippen molar-refractivity contribution in [1.82, 2.24) is 0 Å². The molecule has 140 valence electrons. The van der Waals surface area contributed by atoms with Crippen LogP contribution >= 0.6 is 0 Å². The summed E-state index contributed by atoms with van der Waals surface area (Å²) >= 11 is 0. The summed E-state index contributed by atoms with van der Waals surface area (Å²) in [4.78, 5) is 2.38. The van der Waals surface area contributed by atoms with E-state index in [0.717, 1.165) is 49.8 Å². The molecule has 3 aromatic carbocycles. The molecule has 0 aromatic heterocycles. The van der Waals surface area contributed by atoms with Gasteiger partial charge in [0, 0.05) is 29.9 Å². The number of ether oxygens (including phenoxy) is 1. The van der Waals surface area contributed by atoms with Crippen molar-refractivity contribution in [2.45, 2.75) is 6.54 Å². The summed E-state index contributed by atoms with van der Waals surface area (Å²) in [5, 5.41) is 7.18. The molecule has 0 aliphatic carbocycles. The van der Waals surface area contributed by atoms with Crippen LogP contribution in [-0.4, -0.2) is 32.0 Å². The Balaban J connectivity index is 1.54. The molecule has 0 radical (unpaired) electrons. The number of benzene rings is 3. The lowest BCUT2D eigenvalue weighted by Gasteiger charge is -2.31. The lowest BCUT2D eigenvalue weighted by Crippen LogP contribution is -2.36. The van der Waals surface area contributed by atoms with Crippen LogP contribution in [0.3, 0.4) is 0 Å². The minimum Gasteiger partial charge on any atom is -0.378 e. The fourth-order valence-corrected chi connectivity index (χ4v) is 3.89. The Hall–Kier alpha value is -3.11. The zero-order valence-corrected chi connectivity index (χ0v) is 15.8. The van der Waals surface area contributed by atoms with Crippen molar-refractivity contribution in [1.29, 1.82) is 0 Å². The van der Waals surface area contributed by atoms with Crippen LogP contribution in [-0.2, 0) is 11.3 Å². The highest BCUT2D eigenvalue weighted by Gasteiger charge is 2.21. The Morgan fingerprint density at radius 2 is 1.50 bits per heavy atom. The lowest BCUT2D eigenvalue weighted by atomic mass is 9.96. The molecule has 0 amide bonds. The van der Waals surface area contributed by atoms with Gasteiger partial charge in [-0.2, -0.15) is 5.10 Å². The summed E-state index contributed by atoms with van der Waals surface area (Å²) in [5.74, 6) is 0. The normalized spacial score (nSPS) is 16.5. The maximum Gasteiger partial charge on any atom is 0.0984 e. The van der Waals surface area contributed by atoms with Crippen LogP contribution in [0.5, 0.6) is 0 Å². The molecule has 2 aliphatic rings. The molecule has 1 fully saturated rings. The zero-order chi connectivity index (χ0) is 18.8. The Kier molecular flexibility index (Phi) is 4.55. The van der Waals surface area contributed by atoms with E-state index < -0.39 is 0 Å². The summed E-state index contributed by atoms with van der Waals surface area (Å²) in [5.41, 5.74) is 7.04. The molecule has 2 heterocycles. The third-order valence-corrected chi connectivity index (χ3v) is 5.36. The zero-order valence-electron chi connectivity index (χ0n) is 15.8. The second-order valence-electron chi connectivity index (χ2n) is 7.15. The predicted octanol–water partition coefficient (Wildman–Crippen LogP) is 4.30. The van der Waals surface area contributed by atoms with Gasteiger partial charge in [-0.05, 0) is 23.8 Å². The van der Waals surface area contributed by atoms with Gasteiger partial charge in [0.2, 0.25) is 0 Å². The third kappa shape index (κ3) is 3.27. The number of morpholine rings is 1. The van der Waals surface area contributed by atoms with E-state index in [0.29, 0.717) is 0 Å². The van der Waals surface area contributed by atoms with Crippen LogP contribution in [0.15, 0.2) is 84.0 Å². The average molecular weight is 369 g/mol. The second-order valence-corrected chi connectivity index (χ2v) is 7.15. The highest BCUT2D eigenvalue weighted by Crippen LogP contribution is 2.29. The standard InChI is InChI=1S/C24H23N3O/c1-2-7-19(8-3-1)24-23-12-5-4-9-20(23)18-27(25-24)22-11-6-10-21(17-22)26-13-15-28-16-14-26/h1-12,17H,13-16,18H2. The molecule has 3 aromatic rings. The van der Waals surface area contributed by atoms with Crippen LogP contribution in [0.2, 0.25) is 0 Å². The maximum absolute atomic E-state index is 5.50. The quantitative estimate of drug-likeness (QED) is 0.689. The predicted molar refractivity (Wildman–Crippen MR) is 114 cm³/mol. The van der Waals surface area contributed by atoms with Crippen LogP contribution in [0, 0.1) is 0 Å². The van der Waals surface area contributed by atoms with E-state index in [1.54, 1.807) is 0 Å². The largest absolute Gasteiger partial charge is 0.378 e. The molecular formula is C24H23N3O. The van der Waals surface area contributed by atoms with Crippen molar-refractivity contribution >= 4 is 17.1 Å². The van der Waals surface area contributed by atoms with Crippen molar-refractivity contribution in [3.8, 4) is 0 Å². The monoisotopic (exact) mass is 369 g/mol. The van der Waals surface area contributed by atoms with Crippen LogP contribution < -0.4 is 9.91 Å². The molecule has 5 rings (SSSR count). The number of hydrogen-bond donors (Lipinski definition) is 0. The first kappa shape index (κ1) is 17.0. The molecule has 0 N–H and O–H groups in total. The fourth-order valence-electron chi connectivity index (χ4n) is 3.89. The average Bonchev–Trinajstić information content (AvgIpc) is 2.79. The number of hydrogen-bond acceptors (Lipinski definition) is 4. The topological polar surface area (TPSA) is 28.1 Å². The summed E-state index contributed by atoms with van der Waals surface area (Å²) in [6.45, 7) is 4.23. The van der Waals surface area contributed by atoms with Gasteiger partial charge in [-0.3, -0.25) is 5.01 Å². The Bertz CT molecular complexity index is 993. The molecule has 4 nitrogen and oxygen atoms in total. The minimum absolute atomic E-state index is 0.777. The van der Waals surface area contributed by atoms with Gasteiger partial charge in [0.1, 0.15) is 0 Å². The van der Waals surface area contributed by atoms with E-state index in [2.05, 4.69) is 82.7 Å². The first-order valence-electron chi connectivity index (χ1n) is 9.81. The van der Waals surface area contributed by atoms with Crippen LogP contribution in [0.4, 0.5) is 11.4 Å². The first-order chi connectivity index (χ1) is 13.9. The Morgan fingerprint density at radius 1 is 0.750 bits per heavy atom. The highest BCUT2D eigenvalue weighted by atomic mass is 16.5. The molecule has 28 heavy (non-hydrogen) atoms. The molecule has 4 heteroatoms. The minimum atomic E-state index is 0.777.